The van der Waals surface area contributed by atoms with E-state index in [2.05, 4.69) is 15.5 Å². The van der Waals surface area contributed by atoms with Crippen LogP contribution < -0.4 is 5.73 Å². The second kappa shape index (κ2) is 5.38. The lowest BCUT2D eigenvalue weighted by molar-refractivity contribution is -0.0227. The van der Waals surface area contributed by atoms with Crippen LogP contribution in [-0.4, -0.2) is 32.9 Å². The monoisotopic (exact) mass is 293 g/mol. The third-order valence-electron chi connectivity index (χ3n) is 3.54. The lowest BCUT2D eigenvalue weighted by Gasteiger charge is -2.34. The van der Waals surface area contributed by atoms with Crippen LogP contribution in [0.15, 0.2) is 18.2 Å². The molecule has 1 saturated carbocycles. The van der Waals surface area contributed by atoms with E-state index in [4.69, 9.17) is 22.1 Å². The van der Waals surface area contributed by atoms with Gasteiger partial charge in [-0.1, -0.05) is 11.6 Å². The van der Waals surface area contributed by atoms with Crippen LogP contribution in [-0.2, 0) is 4.74 Å². The quantitative estimate of drug-likeness (QED) is 0.875. The number of nitrogen functional groups attached to an aromatic ring is 1. The second-order valence-electron chi connectivity index (χ2n) is 4.89. The first-order chi connectivity index (χ1) is 9.69. The van der Waals surface area contributed by atoms with E-state index < -0.39 is 0 Å². The van der Waals surface area contributed by atoms with Crippen LogP contribution in [0.3, 0.4) is 0 Å². The van der Waals surface area contributed by atoms with Crippen LogP contribution >= 0.6 is 11.6 Å². The predicted octanol–water partition coefficient (Wildman–Crippen LogP) is 2.32. The molecule has 1 aliphatic rings. The van der Waals surface area contributed by atoms with E-state index in [9.17, 15) is 0 Å². The molecule has 0 unspecified atom stereocenters. The minimum absolute atomic E-state index is 0.258. The minimum atomic E-state index is 0.258. The van der Waals surface area contributed by atoms with Crippen molar-refractivity contribution in [1.82, 2.24) is 20.2 Å². The summed E-state index contributed by atoms with van der Waals surface area (Å²) in [6, 6.07) is 5.57. The Kier molecular flexibility index (Phi) is 3.58. The van der Waals surface area contributed by atoms with E-state index in [-0.39, 0.29) is 6.04 Å². The van der Waals surface area contributed by atoms with Gasteiger partial charge in [-0.15, -0.1) is 5.10 Å². The topological polar surface area (TPSA) is 78.8 Å². The molecule has 0 bridgehead atoms. The van der Waals surface area contributed by atoms with Crippen molar-refractivity contribution in [2.24, 2.45) is 0 Å². The summed E-state index contributed by atoms with van der Waals surface area (Å²) in [5, 5.41) is 12.5. The molecule has 0 aliphatic heterocycles. The maximum atomic E-state index is 6.21. The lowest BCUT2D eigenvalue weighted by atomic mass is 9.89. The van der Waals surface area contributed by atoms with Gasteiger partial charge < -0.3 is 10.5 Å². The average Bonchev–Trinajstić information content (AvgIpc) is 2.85. The zero-order valence-corrected chi connectivity index (χ0v) is 11.9. The first-order valence-corrected chi connectivity index (χ1v) is 7.01. The molecule has 20 heavy (non-hydrogen) atoms. The van der Waals surface area contributed by atoms with Crippen molar-refractivity contribution in [2.45, 2.75) is 31.9 Å². The summed E-state index contributed by atoms with van der Waals surface area (Å²) in [4.78, 5) is 0. The standard InChI is InChI=1S/C13H16ClN5O/c1-2-20-10-6-9(7-10)19-13(16-17-18-19)11-5-8(15)3-4-12(11)14/h3-5,9-10H,2,6-7,15H2,1H3. The summed E-state index contributed by atoms with van der Waals surface area (Å²) in [7, 11) is 0. The molecule has 0 amide bonds. The van der Waals surface area contributed by atoms with Gasteiger partial charge in [0.05, 0.1) is 17.2 Å². The van der Waals surface area contributed by atoms with Gasteiger partial charge >= 0.3 is 0 Å². The van der Waals surface area contributed by atoms with E-state index >= 15 is 0 Å². The number of nitrogens with zero attached hydrogens (tertiary/aromatic N) is 4. The molecule has 2 aromatic rings. The molecule has 1 aromatic carbocycles. The van der Waals surface area contributed by atoms with Gasteiger partial charge in [-0.25, -0.2) is 4.68 Å². The molecule has 1 fully saturated rings. The molecule has 0 radical (unpaired) electrons. The zero-order chi connectivity index (χ0) is 14.1. The first kappa shape index (κ1) is 13.3. The van der Waals surface area contributed by atoms with Gasteiger partial charge in [0, 0.05) is 17.9 Å². The number of rotatable bonds is 4. The van der Waals surface area contributed by atoms with Gasteiger partial charge in [-0.05, 0) is 48.4 Å². The van der Waals surface area contributed by atoms with Gasteiger partial charge in [0.1, 0.15) is 0 Å². The Morgan fingerprint density at radius 1 is 1.45 bits per heavy atom. The highest BCUT2D eigenvalue weighted by atomic mass is 35.5. The van der Waals surface area contributed by atoms with E-state index in [0.29, 0.717) is 22.6 Å². The summed E-state index contributed by atoms with van der Waals surface area (Å²) < 4.78 is 7.38. The Morgan fingerprint density at radius 2 is 2.25 bits per heavy atom. The molecule has 6 nitrogen and oxygen atoms in total. The van der Waals surface area contributed by atoms with Crippen LogP contribution in [0.2, 0.25) is 5.02 Å². The number of benzene rings is 1. The maximum Gasteiger partial charge on any atom is 0.183 e. The first-order valence-electron chi connectivity index (χ1n) is 6.64. The SMILES string of the molecule is CCOC1CC(n2nnnc2-c2cc(N)ccc2Cl)C1. The average molecular weight is 294 g/mol. The third kappa shape index (κ3) is 2.36. The zero-order valence-electron chi connectivity index (χ0n) is 11.2. The normalized spacial score (nSPS) is 21.7. The van der Waals surface area contributed by atoms with Crippen LogP contribution in [0.25, 0.3) is 11.4 Å². The fraction of sp³-hybridized carbons (Fsp3) is 0.462. The number of ether oxygens (including phenoxy) is 1. The molecule has 1 heterocycles. The highest BCUT2D eigenvalue weighted by molar-refractivity contribution is 6.33. The molecule has 2 N–H and O–H groups in total. The largest absolute Gasteiger partial charge is 0.399 e. The Bertz CT molecular complexity index is 609. The number of hydrogen-bond donors (Lipinski definition) is 1. The second-order valence-corrected chi connectivity index (χ2v) is 5.30. The molecule has 1 aromatic heterocycles. The van der Waals surface area contributed by atoms with Crippen LogP contribution in [0.4, 0.5) is 5.69 Å². The predicted molar refractivity (Wildman–Crippen MR) is 76.4 cm³/mol. The minimum Gasteiger partial charge on any atom is -0.399 e. The highest BCUT2D eigenvalue weighted by Gasteiger charge is 2.34. The van der Waals surface area contributed by atoms with Crippen molar-refractivity contribution >= 4 is 17.3 Å². The van der Waals surface area contributed by atoms with E-state index in [1.165, 1.54) is 0 Å². The van der Waals surface area contributed by atoms with E-state index in [1.54, 1.807) is 18.2 Å². The van der Waals surface area contributed by atoms with Gasteiger partial charge in [-0.2, -0.15) is 0 Å². The summed E-state index contributed by atoms with van der Waals surface area (Å²) >= 11 is 6.21. The molecule has 3 rings (SSSR count). The van der Waals surface area contributed by atoms with Crippen LogP contribution in [0, 0.1) is 0 Å². The van der Waals surface area contributed by atoms with Gasteiger partial charge in [-0.3, -0.25) is 0 Å². The van der Waals surface area contributed by atoms with Crippen molar-refractivity contribution in [1.29, 1.82) is 0 Å². The fourth-order valence-corrected chi connectivity index (χ4v) is 2.64. The molecular formula is C13H16ClN5O. The van der Waals surface area contributed by atoms with Crippen molar-refractivity contribution in [3.05, 3.63) is 23.2 Å². The van der Waals surface area contributed by atoms with Crippen molar-refractivity contribution in [3.63, 3.8) is 0 Å². The number of hydrogen-bond acceptors (Lipinski definition) is 5. The summed E-state index contributed by atoms with van der Waals surface area (Å²) in [6.07, 6.45) is 2.15. The number of aromatic nitrogens is 4. The Morgan fingerprint density at radius 3 is 3.00 bits per heavy atom. The van der Waals surface area contributed by atoms with Crippen LogP contribution in [0.5, 0.6) is 0 Å². The molecular weight excluding hydrogens is 278 g/mol. The summed E-state index contributed by atoms with van der Waals surface area (Å²) in [6.45, 7) is 2.74. The van der Waals surface area contributed by atoms with E-state index in [1.807, 2.05) is 11.6 Å². The summed E-state index contributed by atoms with van der Waals surface area (Å²) in [5.74, 6) is 0.655. The van der Waals surface area contributed by atoms with Gasteiger partial charge in [0.25, 0.3) is 0 Å². The fourth-order valence-electron chi connectivity index (χ4n) is 2.44. The summed E-state index contributed by atoms with van der Waals surface area (Å²) in [5.41, 5.74) is 7.21. The number of anilines is 1. The van der Waals surface area contributed by atoms with Gasteiger partial charge in [0.2, 0.25) is 0 Å². The Balaban J connectivity index is 1.86. The molecule has 0 spiro atoms. The molecule has 0 atom stereocenters. The van der Waals surface area contributed by atoms with Crippen molar-refractivity contribution < 1.29 is 4.74 Å². The Hall–Kier alpha value is -1.66. The number of nitrogens with two attached hydrogens (primary N) is 1. The highest BCUT2D eigenvalue weighted by Crippen LogP contribution is 2.37. The number of tetrazole rings is 1. The van der Waals surface area contributed by atoms with Crippen molar-refractivity contribution in [3.8, 4) is 11.4 Å². The maximum absolute atomic E-state index is 6.21. The molecule has 106 valence electrons. The molecule has 0 saturated heterocycles. The Labute approximate surface area is 121 Å². The third-order valence-corrected chi connectivity index (χ3v) is 3.87. The van der Waals surface area contributed by atoms with E-state index in [0.717, 1.165) is 25.0 Å². The van der Waals surface area contributed by atoms with Gasteiger partial charge in [0.15, 0.2) is 5.82 Å². The van der Waals surface area contributed by atoms with Crippen LogP contribution in [0.1, 0.15) is 25.8 Å². The number of halogens is 1. The smallest absolute Gasteiger partial charge is 0.183 e. The molecule has 7 heteroatoms. The lowest BCUT2D eigenvalue weighted by Crippen LogP contribution is -2.34. The molecule has 1 aliphatic carbocycles. The van der Waals surface area contributed by atoms with Crippen molar-refractivity contribution in [2.75, 3.05) is 12.3 Å².